The largest absolute Gasteiger partial charge is 0.497 e. The van der Waals surface area contributed by atoms with Gasteiger partial charge in [-0.05, 0) is 54.6 Å². The van der Waals surface area contributed by atoms with Crippen molar-refractivity contribution in [2.24, 2.45) is 0 Å². The van der Waals surface area contributed by atoms with E-state index in [9.17, 15) is 4.79 Å². The number of amides is 1. The molecule has 0 N–H and O–H groups in total. The summed E-state index contributed by atoms with van der Waals surface area (Å²) in [4.78, 5) is 24.7. The first-order valence-corrected chi connectivity index (χ1v) is 9.92. The topological polar surface area (TPSA) is 55.3 Å². The highest BCUT2D eigenvalue weighted by Gasteiger charge is 2.27. The van der Waals surface area contributed by atoms with Gasteiger partial charge in [-0.1, -0.05) is 6.07 Å². The zero-order chi connectivity index (χ0) is 18.6. The molecule has 3 heterocycles. The van der Waals surface area contributed by atoms with Gasteiger partial charge in [0.25, 0.3) is 5.91 Å². The number of benzene rings is 1. The molecule has 1 unspecified atom stereocenters. The van der Waals surface area contributed by atoms with Gasteiger partial charge in [-0.2, -0.15) is 0 Å². The fourth-order valence-electron chi connectivity index (χ4n) is 3.44. The van der Waals surface area contributed by atoms with Gasteiger partial charge in [-0.25, -0.2) is 9.97 Å². The molecule has 3 aromatic rings. The molecule has 1 aromatic carbocycles. The molecule has 0 aliphatic carbocycles. The van der Waals surface area contributed by atoms with E-state index >= 15 is 0 Å². The molecule has 1 atom stereocenters. The molecule has 27 heavy (non-hydrogen) atoms. The van der Waals surface area contributed by atoms with Gasteiger partial charge in [0, 0.05) is 36.5 Å². The minimum Gasteiger partial charge on any atom is -0.497 e. The van der Waals surface area contributed by atoms with Crippen LogP contribution in [0.3, 0.4) is 0 Å². The zero-order valence-corrected chi connectivity index (χ0v) is 16.0. The molecule has 1 saturated heterocycles. The molecule has 0 spiro atoms. The number of carbonyl (C=O) groups excluding carboxylic acids is 1. The van der Waals surface area contributed by atoms with Gasteiger partial charge in [-0.3, -0.25) is 4.79 Å². The second kappa shape index (κ2) is 7.88. The highest BCUT2D eigenvalue weighted by molar-refractivity contribution is 7.12. The van der Waals surface area contributed by atoms with E-state index in [4.69, 9.17) is 9.72 Å². The lowest BCUT2D eigenvalue weighted by Gasteiger charge is -2.32. The summed E-state index contributed by atoms with van der Waals surface area (Å²) < 4.78 is 5.21. The van der Waals surface area contributed by atoms with E-state index < -0.39 is 0 Å². The van der Waals surface area contributed by atoms with Crippen LogP contribution in [0.15, 0.2) is 54.0 Å². The van der Waals surface area contributed by atoms with Crippen molar-refractivity contribution in [2.45, 2.75) is 18.8 Å². The second-order valence-electron chi connectivity index (χ2n) is 6.60. The van der Waals surface area contributed by atoms with Gasteiger partial charge < -0.3 is 9.64 Å². The fourth-order valence-corrected chi connectivity index (χ4v) is 4.13. The number of likely N-dealkylation sites (tertiary alicyclic amines) is 1. The lowest BCUT2D eigenvalue weighted by Crippen LogP contribution is -2.39. The zero-order valence-electron chi connectivity index (χ0n) is 15.2. The van der Waals surface area contributed by atoms with E-state index in [-0.39, 0.29) is 11.8 Å². The molecule has 138 valence electrons. The van der Waals surface area contributed by atoms with Gasteiger partial charge in [0.2, 0.25) is 0 Å². The highest BCUT2D eigenvalue weighted by Crippen LogP contribution is 2.28. The Kier molecular flexibility index (Phi) is 5.16. The Balaban J connectivity index is 1.53. The Morgan fingerprint density at radius 2 is 2.07 bits per heavy atom. The molecule has 1 aliphatic rings. The van der Waals surface area contributed by atoms with Gasteiger partial charge in [0.05, 0.1) is 12.0 Å². The number of carbonyl (C=O) groups is 1. The lowest BCUT2D eigenvalue weighted by molar-refractivity contribution is 0.0711. The SMILES string of the molecule is COc1ccc(-c2nccc(C3CCCN(C(=O)c4cccs4)C3)n2)cc1. The molecule has 2 aromatic heterocycles. The molecule has 1 fully saturated rings. The van der Waals surface area contributed by atoms with Crippen molar-refractivity contribution in [1.82, 2.24) is 14.9 Å². The fraction of sp³-hybridized carbons (Fsp3) is 0.286. The average Bonchev–Trinajstić information content (AvgIpc) is 3.28. The van der Waals surface area contributed by atoms with Crippen molar-refractivity contribution in [3.8, 4) is 17.1 Å². The number of hydrogen-bond donors (Lipinski definition) is 0. The number of methoxy groups -OCH3 is 1. The van der Waals surface area contributed by atoms with Crippen LogP contribution in [-0.4, -0.2) is 41.0 Å². The predicted molar refractivity (Wildman–Crippen MR) is 106 cm³/mol. The van der Waals surface area contributed by atoms with Crippen molar-refractivity contribution >= 4 is 17.2 Å². The number of ether oxygens (including phenoxy) is 1. The summed E-state index contributed by atoms with van der Waals surface area (Å²) in [5.41, 5.74) is 1.96. The number of nitrogens with zero attached hydrogens (tertiary/aromatic N) is 3. The van der Waals surface area contributed by atoms with Crippen molar-refractivity contribution in [1.29, 1.82) is 0 Å². The van der Waals surface area contributed by atoms with E-state index in [2.05, 4.69) is 4.98 Å². The molecular weight excluding hydrogens is 358 g/mol. The predicted octanol–water partition coefficient (Wildman–Crippen LogP) is 4.23. The first kappa shape index (κ1) is 17.7. The van der Waals surface area contributed by atoms with Crippen LogP contribution < -0.4 is 4.74 Å². The standard InChI is InChI=1S/C21H21N3O2S/c1-26-17-8-6-15(7-9-17)20-22-11-10-18(23-20)16-4-2-12-24(14-16)21(25)19-5-3-13-27-19/h3,5-11,13,16H,2,4,12,14H2,1H3. The Hall–Kier alpha value is -2.73. The Morgan fingerprint density at radius 3 is 2.81 bits per heavy atom. The molecular formula is C21H21N3O2S. The molecule has 1 amide bonds. The minimum absolute atomic E-state index is 0.124. The summed E-state index contributed by atoms with van der Waals surface area (Å²) in [6.45, 7) is 1.51. The summed E-state index contributed by atoms with van der Waals surface area (Å²) in [6.07, 6.45) is 3.83. The Labute approximate surface area is 162 Å². The Morgan fingerprint density at radius 1 is 1.22 bits per heavy atom. The van der Waals surface area contributed by atoms with Crippen LogP contribution in [0.25, 0.3) is 11.4 Å². The van der Waals surface area contributed by atoms with E-state index in [0.29, 0.717) is 12.4 Å². The summed E-state index contributed by atoms with van der Waals surface area (Å²) in [5, 5.41) is 1.94. The summed E-state index contributed by atoms with van der Waals surface area (Å²) in [6, 6.07) is 13.5. The van der Waals surface area contributed by atoms with Crippen LogP contribution >= 0.6 is 11.3 Å². The van der Waals surface area contributed by atoms with E-state index in [1.807, 2.05) is 58.9 Å². The number of hydrogen-bond acceptors (Lipinski definition) is 5. The average molecular weight is 379 g/mol. The molecule has 5 nitrogen and oxygen atoms in total. The number of thiophene rings is 1. The van der Waals surface area contributed by atoms with Crippen molar-refractivity contribution in [3.05, 3.63) is 64.6 Å². The summed E-state index contributed by atoms with van der Waals surface area (Å²) in [7, 11) is 1.65. The summed E-state index contributed by atoms with van der Waals surface area (Å²) in [5.74, 6) is 1.88. The quantitative estimate of drug-likeness (QED) is 0.681. The van der Waals surface area contributed by atoms with E-state index in [1.165, 1.54) is 11.3 Å². The van der Waals surface area contributed by atoms with Crippen LogP contribution in [0.2, 0.25) is 0 Å². The van der Waals surface area contributed by atoms with Crippen molar-refractivity contribution < 1.29 is 9.53 Å². The van der Waals surface area contributed by atoms with Gasteiger partial charge in [0.1, 0.15) is 5.75 Å². The highest BCUT2D eigenvalue weighted by atomic mass is 32.1. The first-order valence-electron chi connectivity index (χ1n) is 9.05. The van der Waals surface area contributed by atoms with Crippen LogP contribution in [0.1, 0.15) is 34.1 Å². The van der Waals surface area contributed by atoms with E-state index in [1.54, 1.807) is 7.11 Å². The summed E-state index contributed by atoms with van der Waals surface area (Å²) >= 11 is 1.50. The maximum absolute atomic E-state index is 12.7. The van der Waals surface area contributed by atoms with Crippen LogP contribution in [0.4, 0.5) is 0 Å². The molecule has 4 rings (SSSR count). The van der Waals surface area contributed by atoms with Crippen molar-refractivity contribution in [3.63, 3.8) is 0 Å². The van der Waals surface area contributed by atoms with E-state index in [0.717, 1.165) is 41.3 Å². The molecule has 6 heteroatoms. The molecule has 0 bridgehead atoms. The van der Waals surface area contributed by atoms with Crippen LogP contribution in [0, 0.1) is 0 Å². The van der Waals surface area contributed by atoms with Crippen LogP contribution in [0.5, 0.6) is 5.75 Å². The maximum Gasteiger partial charge on any atom is 0.263 e. The van der Waals surface area contributed by atoms with Gasteiger partial charge >= 0.3 is 0 Å². The molecule has 1 aliphatic heterocycles. The third-order valence-electron chi connectivity index (χ3n) is 4.88. The smallest absolute Gasteiger partial charge is 0.263 e. The first-order chi connectivity index (χ1) is 13.2. The second-order valence-corrected chi connectivity index (χ2v) is 7.55. The van der Waals surface area contributed by atoms with Crippen molar-refractivity contribution in [2.75, 3.05) is 20.2 Å². The minimum atomic E-state index is 0.124. The third-order valence-corrected chi connectivity index (χ3v) is 5.74. The number of rotatable bonds is 4. The van der Waals surface area contributed by atoms with Gasteiger partial charge in [0.15, 0.2) is 5.82 Å². The number of piperidine rings is 1. The lowest BCUT2D eigenvalue weighted by atomic mass is 9.94. The van der Waals surface area contributed by atoms with Crippen LogP contribution in [-0.2, 0) is 0 Å². The normalized spacial score (nSPS) is 16.9. The third kappa shape index (κ3) is 3.85. The Bertz CT molecular complexity index is 909. The molecule has 0 radical (unpaired) electrons. The molecule has 0 saturated carbocycles. The maximum atomic E-state index is 12.7. The van der Waals surface area contributed by atoms with Gasteiger partial charge in [-0.15, -0.1) is 11.3 Å². The monoisotopic (exact) mass is 379 g/mol. The number of aromatic nitrogens is 2.